The Kier molecular flexibility index (Phi) is 5.35. The van der Waals surface area contributed by atoms with Gasteiger partial charge in [0, 0.05) is 23.2 Å². The van der Waals surface area contributed by atoms with Gasteiger partial charge in [0.1, 0.15) is 11.3 Å². The van der Waals surface area contributed by atoms with Crippen LogP contribution < -0.4 is 10.4 Å². The van der Waals surface area contributed by atoms with E-state index in [9.17, 15) is 14.4 Å². The lowest BCUT2D eigenvalue weighted by molar-refractivity contribution is 0.0525. The molecule has 7 heteroatoms. The molecule has 0 aliphatic rings. The van der Waals surface area contributed by atoms with Crippen LogP contribution in [0.2, 0.25) is 0 Å². The summed E-state index contributed by atoms with van der Waals surface area (Å²) in [7, 11) is 0. The van der Waals surface area contributed by atoms with Crippen molar-refractivity contribution in [1.29, 1.82) is 0 Å². The first-order chi connectivity index (χ1) is 13.3. The third-order valence-electron chi connectivity index (χ3n) is 4.44. The van der Waals surface area contributed by atoms with E-state index in [4.69, 9.17) is 13.9 Å². The number of Topliss-reactive ketones (excluding diaryl/α,β-unsaturated/α-hetero) is 1. The van der Waals surface area contributed by atoms with Gasteiger partial charge in [-0.3, -0.25) is 4.79 Å². The summed E-state index contributed by atoms with van der Waals surface area (Å²) in [5.74, 6) is -0.370. The summed E-state index contributed by atoms with van der Waals surface area (Å²) in [6.45, 7) is 7.01. The first-order valence-electron chi connectivity index (χ1n) is 8.93. The maximum atomic E-state index is 12.9. The summed E-state index contributed by atoms with van der Waals surface area (Å²) in [5, 5.41) is 0.751. The number of benzene rings is 1. The molecule has 0 spiro atoms. The highest BCUT2D eigenvalue weighted by Crippen LogP contribution is 2.24. The largest absolute Gasteiger partial charge is 0.482 e. The highest BCUT2D eigenvalue weighted by Gasteiger charge is 2.26. The summed E-state index contributed by atoms with van der Waals surface area (Å²) in [6, 6.07) is 8.00. The van der Waals surface area contributed by atoms with Crippen LogP contribution in [0.1, 0.15) is 46.0 Å². The number of aromatic amines is 1. The van der Waals surface area contributed by atoms with E-state index in [-0.39, 0.29) is 12.4 Å². The molecular formula is C21H21NO6. The first-order valence-corrected chi connectivity index (χ1v) is 8.93. The number of hydrogen-bond acceptors (Lipinski definition) is 6. The molecule has 1 aromatic carbocycles. The molecular weight excluding hydrogens is 362 g/mol. The molecule has 0 radical (unpaired) electrons. The number of fused-ring (bicyclic) bond motifs is 1. The Morgan fingerprint density at radius 1 is 1.18 bits per heavy atom. The van der Waals surface area contributed by atoms with Gasteiger partial charge in [-0.1, -0.05) is 0 Å². The van der Waals surface area contributed by atoms with E-state index in [2.05, 4.69) is 4.98 Å². The normalized spacial score (nSPS) is 12.0. The smallest absolute Gasteiger partial charge is 0.340 e. The molecule has 0 amide bonds. The minimum absolute atomic E-state index is 0.254. The Bertz CT molecular complexity index is 1110. The summed E-state index contributed by atoms with van der Waals surface area (Å²) in [6.07, 6.45) is -0.820. The molecule has 1 N–H and O–H groups in total. The highest BCUT2D eigenvalue weighted by atomic mass is 16.5. The Labute approximate surface area is 161 Å². The van der Waals surface area contributed by atoms with Gasteiger partial charge in [-0.2, -0.15) is 0 Å². The second-order valence-corrected chi connectivity index (χ2v) is 6.42. The van der Waals surface area contributed by atoms with Crippen LogP contribution in [0.3, 0.4) is 0 Å². The van der Waals surface area contributed by atoms with Crippen molar-refractivity contribution in [2.75, 3.05) is 6.61 Å². The molecule has 0 unspecified atom stereocenters. The molecule has 146 valence electrons. The topological polar surface area (TPSA) is 98.6 Å². The number of ketones is 1. The van der Waals surface area contributed by atoms with Crippen LogP contribution in [0.4, 0.5) is 0 Å². The number of esters is 1. The lowest BCUT2D eigenvalue weighted by Gasteiger charge is -2.14. The van der Waals surface area contributed by atoms with Crippen molar-refractivity contribution in [3.63, 3.8) is 0 Å². The zero-order chi connectivity index (χ0) is 20.4. The molecule has 0 saturated carbocycles. The van der Waals surface area contributed by atoms with Crippen LogP contribution in [0, 0.1) is 13.8 Å². The Morgan fingerprint density at radius 2 is 1.89 bits per heavy atom. The van der Waals surface area contributed by atoms with E-state index >= 15 is 0 Å². The number of rotatable bonds is 6. The maximum absolute atomic E-state index is 12.9. The van der Waals surface area contributed by atoms with Crippen molar-refractivity contribution in [3.05, 3.63) is 63.3 Å². The van der Waals surface area contributed by atoms with Crippen molar-refractivity contribution in [3.8, 4) is 5.75 Å². The molecule has 2 aromatic heterocycles. The fourth-order valence-electron chi connectivity index (χ4n) is 3.08. The molecule has 1 atom stereocenters. The molecule has 7 nitrogen and oxygen atoms in total. The Morgan fingerprint density at radius 3 is 2.61 bits per heavy atom. The van der Waals surface area contributed by atoms with E-state index in [0.717, 1.165) is 5.39 Å². The van der Waals surface area contributed by atoms with Crippen molar-refractivity contribution < 1.29 is 23.5 Å². The van der Waals surface area contributed by atoms with Gasteiger partial charge in [0.05, 0.1) is 17.9 Å². The number of hydrogen-bond donors (Lipinski definition) is 1. The lowest BCUT2D eigenvalue weighted by Crippen LogP contribution is -2.25. The van der Waals surface area contributed by atoms with E-state index in [1.807, 2.05) is 0 Å². The fraction of sp³-hybridized carbons (Fsp3) is 0.286. The molecule has 0 aliphatic heterocycles. The predicted molar refractivity (Wildman–Crippen MR) is 103 cm³/mol. The van der Waals surface area contributed by atoms with Gasteiger partial charge in [0.25, 0.3) is 0 Å². The molecule has 3 rings (SSSR count). The minimum Gasteiger partial charge on any atom is -0.482 e. The average Bonchev–Trinajstić information content (AvgIpc) is 2.95. The minimum atomic E-state index is -0.820. The van der Waals surface area contributed by atoms with Crippen molar-refractivity contribution >= 4 is 22.7 Å². The highest BCUT2D eigenvalue weighted by molar-refractivity contribution is 6.03. The zero-order valence-corrected chi connectivity index (χ0v) is 16.1. The van der Waals surface area contributed by atoms with Crippen LogP contribution in [0.5, 0.6) is 5.75 Å². The third-order valence-corrected chi connectivity index (χ3v) is 4.44. The van der Waals surface area contributed by atoms with Crippen LogP contribution in [0.15, 0.2) is 39.5 Å². The van der Waals surface area contributed by atoms with Gasteiger partial charge in [-0.25, -0.2) is 9.59 Å². The quantitative estimate of drug-likeness (QED) is 0.397. The van der Waals surface area contributed by atoms with E-state index in [1.54, 1.807) is 52.0 Å². The standard InChI is InChI=1S/C21H21NO6/c1-5-26-21(25)18-11(2)19(22-12(18)3)20(24)13(4)27-15-8-6-14-7-9-17(23)28-16(14)10-15/h6-10,13,22H,5H2,1-4H3/t13-/m0/s1. The Hall–Kier alpha value is -3.35. The van der Waals surface area contributed by atoms with Gasteiger partial charge in [0.15, 0.2) is 6.10 Å². The van der Waals surface area contributed by atoms with E-state index in [1.165, 1.54) is 6.07 Å². The monoisotopic (exact) mass is 383 g/mol. The summed E-state index contributed by atoms with van der Waals surface area (Å²) in [5.41, 5.74) is 1.68. The van der Waals surface area contributed by atoms with Crippen LogP contribution in [-0.4, -0.2) is 29.4 Å². The van der Waals surface area contributed by atoms with Crippen molar-refractivity contribution in [2.24, 2.45) is 0 Å². The maximum Gasteiger partial charge on any atom is 0.340 e. The molecule has 3 aromatic rings. The number of aryl methyl sites for hydroxylation is 1. The molecule has 28 heavy (non-hydrogen) atoms. The molecule has 0 fully saturated rings. The van der Waals surface area contributed by atoms with Gasteiger partial charge in [-0.15, -0.1) is 0 Å². The first kappa shape index (κ1) is 19.4. The number of carbonyl (C=O) groups is 2. The second-order valence-electron chi connectivity index (χ2n) is 6.42. The average molecular weight is 383 g/mol. The Balaban J connectivity index is 1.84. The van der Waals surface area contributed by atoms with E-state index < -0.39 is 17.7 Å². The van der Waals surface area contributed by atoms with Crippen LogP contribution >= 0.6 is 0 Å². The molecule has 0 bridgehead atoms. The lowest BCUT2D eigenvalue weighted by atomic mass is 10.1. The van der Waals surface area contributed by atoms with Crippen LogP contribution in [0.25, 0.3) is 11.0 Å². The van der Waals surface area contributed by atoms with Crippen molar-refractivity contribution in [1.82, 2.24) is 4.98 Å². The number of nitrogens with one attached hydrogen (secondary N) is 1. The van der Waals surface area contributed by atoms with Crippen molar-refractivity contribution in [2.45, 2.75) is 33.8 Å². The summed E-state index contributed by atoms with van der Waals surface area (Å²) in [4.78, 5) is 39.3. The van der Waals surface area contributed by atoms with Gasteiger partial charge >= 0.3 is 11.6 Å². The number of ether oxygens (including phenoxy) is 2. The van der Waals surface area contributed by atoms with Gasteiger partial charge in [-0.05, 0) is 51.5 Å². The molecule has 0 aliphatic carbocycles. The fourth-order valence-corrected chi connectivity index (χ4v) is 3.08. The third kappa shape index (κ3) is 3.69. The van der Waals surface area contributed by atoms with E-state index in [0.29, 0.717) is 33.8 Å². The van der Waals surface area contributed by atoms with Gasteiger partial charge in [0.2, 0.25) is 5.78 Å². The number of aromatic nitrogens is 1. The second kappa shape index (κ2) is 7.72. The summed E-state index contributed by atoms with van der Waals surface area (Å²) >= 11 is 0. The molecule has 0 saturated heterocycles. The van der Waals surface area contributed by atoms with Gasteiger partial charge < -0.3 is 18.9 Å². The SMILES string of the molecule is CCOC(=O)c1c(C)[nH]c(C(=O)[C@H](C)Oc2ccc3ccc(=O)oc3c2)c1C. The number of H-pyrrole nitrogens is 1. The predicted octanol–water partition coefficient (Wildman–Crippen LogP) is 3.56. The van der Waals surface area contributed by atoms with Crippen LogP contribution in [-0.2, 0) is 4.74 Å². The zero-order valence-electron chi connectivity index (χ0n) is 16.1. The molecule has 2 heterocycles. The summed E-state index contributed by atoms with van der Waals surface area (Å²) < 4.78 is 15.9. The number of carbonyl (C=O) groups excluding carboxylic acids is 2.